The monoisotopic (exact) mass is 232 g/mol. The van der Waals surface area contributed by atoms with Crippen LogP contribution >= 0.6 is 0 Å². The molecule has 0 aromatic heterocycles. The van der Waals surface area contributed by atoms with Gasteiger partial charge in [-0.2, -0.15) is 0 Å². The molecule has 1 heterocycles. The van der Waals surface area contributed by atoms with Crippen LogP contribution in [0.3, 0.4) is 0 Å². The molecule has 2 nitrogen and oxygen atoms in total. The molecule has 17 heavy (non-hydrogen) atoms. The highest BCUT2D eigenvalue weighted by Crippen LogP contribution is 2.31. The first-order valence-corrected chi connectivity index (χ1v) is 6.64. The minimum Gasteiger partial charge on any atom is -0.329 e. The van der Waals surface area contributed by atoms with Gasteiger partial charge < -0.3 is 5.73 Å². The quantitative estimate of drug-likeness (QED) is 0.868. The van der Waals surface area contributed by atoms with E-state index in [1.54, 1.807) is 0 Å². The molecule has 2 heteroatoms. The Kier molecular flexibility index (Phi) is 3.85. The van der Waals surface area contributed by atoms with Gasteiger partial charge in [0.05, 0.1) is 0 Å². The molecule has 94 valence electrons. The summed E-state index contributed by atoms with van der Waals surface area (Å²) in [5.74, 6) is 0.795. The third-order valence-electron chi connectivity index (χ3n) is 3.88. The number of benzene rings is 1. The molecule has 1 aliphatic rings. The van der Waals surface area contributed by atoms with Gasteiger partial charge in [0, 0.05) is 25.2 Å². The molecule has 1 aromatic carbocycles. The smallest absolute Gasteiger partial charge is 0.0473 e. The SMILES string of the molecule is Cc1cccc(C(CN)N2CC(C)CC2C)c1. The summed E-state index contributed by atoms with van der Waals surface area (Å²) in [6, 6.07) is 9.80. The fraction of sp³-hybridized carbons (Fsp3) is 0.600. The lowest BCUT2D eigenvalue weighted by Crippen LogP contribution is -2.36. The predicted molar refractivity (Wildman–Crippen MR) is 72.9 cm³/mol. The first-order chi connectivity index (χ1) is 8.11. The Labute approximate surface area is 105 Å². The summed E-state index contributed by atoms with van der Waals surface area (Å²) in [5, 5.41) is 0. The number of hydrogen-bond acceptors (Lipinski definition) is 2. The van der Waals surface area contributed by atoms with Crippen LogP contribution in [0.5, 0.6) is 0 Å². The third-order valence-corrected chi connectivity index (χ3v) is 3.88. The maximum atomic E-state index is 6.00. The molecule has 0 amide bonds. The van der Waals surface area contributed by atoms with Crippen LogP contribution in [0, 0.1) is 12.8 Å². The van der Waals surface area contributed by atoms with Gasteiger partial charge in [0.25, 0.3) is 0 Å². The highest BCUT2D eigenvalue weighted by atomic mass is 15.2. The largest absolute Gasteiger partial charge is 0.329 e. The topological polar surface area (TPSA) is 29.3 Å². The Morgan fingerprint density at radius 3 is 2.71 bits per heavy atom. The van der Waals surface area contributed by atoms with E-state index >= 15 is 0 Å². The Balaban J connectivity index is 2.21. The average molecular weight is 232 g/mol. The zero-order valence-electron chi connectivity index (χ0n) is 11.2. The first-order valence-electron chi connectivity index (χ1n) is 6.64. The van der Waals surface area contributed by atoms with Gasteiger partial charge in [0.1, 0.15) is 0 Å². The van der Waals surface area contributed by atoms with E-state index < -0.39 is 0 Å². The highest BCUT2D eigenvalue weighted by molar-refractivity contribution is 5.25. The number of nitrogens with two attached hydrogens (primary N) is 1. The van der Waals surface area contributed by atoms with Gasteiger partial charge in [0.2, 0.25) is 0 Å². The van der Waals surface area contributed by atoms with Crippen molar-refractivity contribution in [1.29, 1.82) is 0 Å². The molecule has 0 saturated carbocycles. The third kappa shape index (κ3) is 2.70. The van der Waals surface area contributed by atoms with Gasteiger partial charge >= 0.3 is 0 Å². The number of nitrogens with zero attached hydrogens (tertiary/aromatic N) is 1. The molecule has 0 spiro atoms. The van der Waals surface area contributed by atoms with Gasteiger partial charge in [-0.05, 0) is 31.7 Å². The summed E-state index contributed by atoms with van der Waals surface area (Å²) in [7, 11) is 0. The van der Waals surface area contributed by atoms with Crippen molar-refractivity contribution in [2.24, 2.45) is 11.7 Å². The van der Waals surface area contributed by atoms with Gasteiger partial charge in [-0.3, -0.25) is 4.90 Å². The van der Waals surface area contributed by atoms with Crippen LogP contribution in [0.15, 0.2) is 24.3 Å². The van der Waals surface area contributed by atoms with E-state index in [0.717, 1.165) is 5.92 Å². The number of likely N-dealkylation sites (tertiary alicyclic amines) is 1. The van der Waals surface area contributed by atoms with Crippen LogP contribution in [0.2, 0.25) is 0 Å². The Hall–Kier alpha value is -0.860. The maximum Gasteiger partial charge on any atom is 0.0473 e. The Bertz CT molecular complexity index is 375. The van der Waals surface area contributed by atoms with Crippen LogP contribution in [-0.4, -0.2) is 24.0 Å². The second-order valence-corrected chi connectivity index (χ2v) is 5.55. The summed E-state index contributed by atoms with van der Waals surface area (Å²) in [4.78, 5) is 2.57. The number of rotatable bonds is 3. The predicted octanol–water partition coefficient (Wildman–Crippen LogP) is 2.73. The fourth-order valence-corrected chi connectivity index (χ4v) is 3.11. The van der Waals surface area contributed by atoms with E-state index in [-0.39, 0.29) is 0 Å². The van der Waals surface area contributed by atoms with E-state index in [2.05, 4.69) is 49.9 Å². The van der Waals surface area contributed by atoms with Crippen molar-refractivity contribution in [3.05, 3.63) is 35.4 Å². The number of aryl methyl sites for hydroxylation is 1. The molecular weight excluding hydrogens is 208 g/mol. The van der Waals surface area contributed by atoms with E-state index in [1.165, 1.54) is 24.1 Å². The van der Waals surface area contributed by atoms with Crippen LogP contribution < -0.4 is 5.73 Å². The molecule has 1 aromatic rings. The first kappa shape index (κ1) is 12.6. The van der Waals surface area contributed by atoms with Crippen molar-refractivity contribution in [3.8, 4) is 0 Å². The lowest BCUT2D eigenvalue weighted by molar-refractivity contribution is 0.192. The summed E-state index contributed by atoms with van der Waals surface area (Å²) < 4.78 is 0. The molecule has 2 rings (SSSR count). The van der Waals surface area contributed by atoms with E-state index in [4.69, 9.17) is 5.73 Å². The minimum absolute atomic E-state index is 0.384. The minimum atomic E-state index is 0.384. The average Bonchev–Trinajstić information content (AvgIpc) is 2.59. The molecule has 0 radical (unpaired) electrons. The van der Waals surface area contributed by atoms with Crippen LogP contribution in [0.4, 0.5) is 0 Å². The molecule has 2 N–H and O–H groups in total. The normalized spacial score (nSPS) is 27.3. The molecule has 0 bridgehead atoms. The van der Waals surface area contributed by atoms with Gasteiger partial charge in [-0.1, -0.05) is 36.8 Å². The summed E-state index contributed by atoms with van der Waals surface area (Å²) in [6.45, 7) is 8.69. The second-order valence-electron chi connectivity index (χ2n) is 5.55. The van der Waals surface area contributed by atoms with Crippen molar-refractivity contribution in [3.63, 3.8) is 0 Å². The zero-order chi connectivity index (χ0) is 12.4. The fourth-order valence-electron chi connectivity index (χ4n) is 3.11. The molecule has 3 atom stereocenters. The summed E-state index contributed by atoms with van der Waals surface area (Å²) in [6.07, 6.45) is 1.29. The molecule has 1 saturated heterocycles. The van der Waals surface area contributed by atoms with Crippen molar-refractivity contribution >= 4 is 0 Å². The van der Waals surface area contributed by atoms with Gasteiger partial charge in [-0.15, -0.1) is 0 Å². The summed E-state index contributed by atoms with van der Waals surface area (Å²) >= 11 is 0. The molecule has 0 aliphatic carbocycles. The van der Waals surface area contributed by atoms with E-state index in [0.29, 0.717) is 18.6 Å². The Morgan fingerprint density at radius 2 is 2.18 bits per heavy atom. The zero-order valence-corrected chi connectivity index (χ0v) is 11.2. The van der Waals surface area contributed by atoms with Crippen molar-refractivity contribution in [1.82, 2.24) is 4.90 Å². The van der Waals surface area contributed by atoms with Crippen LogP contribution in [0.25, 0.3) is 0 Å². The van der Waals surface area contributed by atoms with Crippen molar-refractivity contribution in [2.45, 2.75) is 39.3 Å². The van der Waals surface area contributed by atoms with Crippen molar-refractivity contribution < 1.29 is 0 Å². The summed E-state index contributed by atoms with van der Waals surface area (Å²) in [5.41, 5.74) is 8.69. The van der Waals surface area contributed by atoms with Crippen molar-refractivity contribution in [2.75, 3.05) is 13.1 Å². The van der Waals surface area contributed by atoms with Crippen LogP contribution in [0.1, 0.15) is 37.4 Å². The molecule has 1 aliphatic heterocycles. The standard InChI is InChI=1S/C15H24N2/c1-11-5-4-6-14(8-11)15(9-16)17-10-12(2)7-13(17)3/h4-6,8,12-13,15H,7,9-10,16H2,1-3H3. The van der Waals surface area contributed by atoms with E-state index in [1.807, 2.05) is 0 Å². The van der Waals surface area contributed by atoms with Gasteiger partial charge in [-0.25, -0.2) is 0 Å². The van der Waals surface area contributed by atoms with Crippen LogP contribution in [-0.2, 0) is 0 Å². The lowest BCUT2D eigenvalue weighted by Gasteiger charge is -2.31. The second kappa shape index (κ2) is 5.19. The maximum absolute atomic E-state index is 6.00. The molecule has 3 unspecified atom stereocenters. The lowest BCUT2D eigenvalue weighted by atomic mass is 10.0. The Morgan fingerprint density at radius 1 is 1.41 bits per heavy atom. The highest BCUT2D eigenvalue weighted by Gasteiger charge is 2.31. The number of hydrogen-bond donors (Lipinski definition) is 1. The molecular formula is C15H24N2. The molecule has 1 fully saturated rings. The van der Waals surface area contributed by atoms with Gasteiger partial charge in [0.15, 0.2) is 0 Å². The van der Waals surface area contributed by atoms with E-state index in [9.17, 15) is 0 Å².